The van der Waals surface area contributed by atoms with Gasteiger partial charge < -0.3 is 5.73 Å². The number of primary amides is 1. The normalized spacial score (nSPS) is 13.3. The first-order valence-electron chi connectivity index (χ1n) is 10.8. The average molecular weight is 414 g/mol. The highest BCUT2D eigenvalue weighted by molar-refractivity contribution is 5.97. The molecule has 3 heteroatoms. The van der Waals surface area contributed by atoms with E-state index in [1.165, 1.54) is 16.7 Å². The van der Waals surface area contributed by atoms with Crippen molar-refractivity contribution in [3.63, 3.8) is 0 Å². The standard InChI is InChI=1S/C28H28FNO/c1-5-22-24-10-9-21(28(30)31)15-20(24)8-11-26(22)23-12-13-25(27(29)18(23)4)19-7-6-16(2)17(3)14-19/h6-7,9-10,12-15H,5,8,11H2,1-4H3,(H2,30,31). The number of hydrogen-bond donors (Lipinski definition) is 1. The number of halogens is 1. The van der Waals surface area contributed by atoms with Crippen LogP contribution in [-0.2, 0) is 6.42 Å². The van der Waals surface area contributed by atoms with Crippen molar-refractivity contribution in [1.82, 2.24) is 0 Å². The van der Waals surface area contributed by atoms with E-state index in [1.807, 2.05) is 37.3 Å². The minimum Gasteiger partial charge on any atom is -0.366 e. The van der Waals surface area contributed by atoms with E-state index in [0.29, 0.717) is 16.7 Å². The van der Waals surface area contributed by atoms with E-state index in [0.717, 1.165) is 47.1 Å². The van der Waals surface area contributed by atoms with Crippen molar-refractivity contribution < 1.29 is 9.18 Å². The fourth-order valence-corrected chi connectivity index (χ4v) is 4.67. The van der Waals surface area contributed by atoms with E-state index in [-0.39, 0.29) is 5.82 Å². The molecule has 0 atom stereocenters. The summed E-state index contributed by atoms with van der Waals surface area (Å²) < 4.78 is 15.5. The zero-order chi connectivity index (χ0) is 22.3. The molecule has 0 heterocycles. The fourth-order valence-electron chi connectivity index (χ4n) is 4.67. The summed E-state index contributed by atoms with van der Waals surface area (Å²) in [6, 6.07) is 15.7. The zero-order valence-electron chi connectivity index (χ0n) is 18.6. The Bertz CT molecular complexity index is 1240. The lowest BCUT2D eigenvalue weighted by atomic mass is 9.79. The van der Waals surface area contributed by atoms with Crippen LogP contribution < -0.4 is 5.73 Å². The van der Waals surface area contributed by atoms with Crippen LogP contribution in [0.25, 0.3) is 22.3 Å². The molecule has 3 aromatic rings. The second-order valence-corrected chi connectivity index (χ2v) is 8.45. The molecule has 0 aliphatic heterocycles. The molecule has 0 saturated heterocycles. The highest BCUT2D eigenvalue weighted by Crippen LogP contribution is 2.41. The van der Waals surface area contributed by atoms with Crippen LogP contribution >= 0.6 is 0 Å². The Morgan fingerprint density at radius 1 is 0.903 bits per heavy atom. The van der Waals surface area contributed by atoms with Crippen LogP contribution in [0.15, 0.2) is 48.5 Å². The molecular weight excluding hydrogens is 385 g/mol. The Labute approximate surface area is 183 Å². The van der Waals surface area contributed by atoms with Gasteiger partial charge in [-0.1, -0.05) is 43.3 Å². The molecule has 0 spiro atoms. The van der Waals surface area contributed by atoms with Gasteiger partial charge in [0.25, 0.3) is 0 Å². The van der Waals surface area contributed by atoms with Crippen LogP contribution in [0.4, 0.5) is 4.39 Å². The summed E-state index contributed by atoms with van der Waals surface area (Å²) in [6.07, 6.45) is 2.48. The summed E-state index contributed by atoms with van der Waals surface area (Å²) in [5, 5.41) is 0. The van der Waals surface area contributed by atoms with E-state index in [4.69, 9.17) is 5.73 Å². The topological polar surface area (TPSA) is 43.1 Å². The quantitative estimate of drug-likeness (QED) is 0.503. The number of allylic oxidation sites excluding steroid dienone is 2. The molecular formula is C28H28FNO. The van der Waals surface area contributed by atoms with Gasteiger partial charge >= 0.3 is 0 Å². The van der Waals surface area contributed by atoms with Gasteiger partial charge in [-0.15, -0.1) is 0 Å². The lowest BCUT2D eigenvalue weighted by molar-refractivity contribution is 0.1000. The van der Waals surface area contributed by atoms with Crippen molar-refractivity contribution in [3.05, 3.63) is 93.3 Å². The van der Waals surface area contributed by atoms with Crippen molar-refractivity contribution in [1.29, 1.82) is 0 Å². The molecule has 0 radical (unpaired) electrons. The molecule has 31 heavy (non-hydrogen) atoms. The van der Waals surface area contributed by atoms with E-state index in [1.54, 1.807) is 6.07 Å². The molecule has 2 nitrogen and oxygen atoms in total. The predicted molar refractivity (Wildman–Crippen MR) is 126 cm³/mol. The van der Waals surface area contributed by atoms with Crippen LogP contribution in [0.3, 0.4) is 0 Å². The number of nitrogens with two attached hydrogens (primary N) is 1. The Morgan fingerprint density at radius 2 is 1.61 bits per heavy atom. The van der Waals surface area contributed by atoms with E-state index >= 15 is 4.39 Å². The summed E-state index contributed by atoms with van der Waals surface area (Å²) in [7, 11) is 0. The maximum Gasteiger partial charge on any atom is 0.248 e. The largest absolute Gasteiger partial charge is 0.366 e. The van der Waals surface area contributed by atoms with Crippen molar-refractivity contribution in [2.45, 2.75) is 47.0 Å². The van der Waals surface area contributed by atoms with Gasteiger partial charge in [-0.3, -0.25) is 4.79 Å². The number of hydrogen-bond acceptors (Lipinski definition) is 1. The minimum atomic E-state index is -0.407. The van der Waals surface area contributed by atoms with Crippen LogP contribution in [0.5, 0.6) is 0 Å². The molecule has 158 valence electrons. The van der Waals surface area contributed by atoms with E-state index in [2.05, 4.69) is 32.9 Å². The molecule has 2 N–H and O–H groups in total. The molecule has 1 amide bonds. The SMILES string of the molecule is CCC1=C(c2ccc(-c3ccc(C)c(C)c3)c(F)c2C)CCc2cc(C(N)=O)ccc21. The van der Waals surface area contributed by atoms with Crippen molar-refractivity contribution in [2.24, 2.45) is 5.73 Å². The van der Waals surface area contributed by atoms with Gasteiger partial charge in [0.05, 0.1) is 0 Å². The van der Waals surface area contributed by atoms with Crippen molar-refractivity contribution >= 4 is 17.1 Å². The van der Waals surface area contributed by atoms with E-state index < -0.39 is 5.91 Å². The molecule has 0 saturated carbocycles. The van der Waals surface area contributed by atoms with Gasteiger partial charge in [-0.25, -0.2) is 4.39 Å². The summed E-state index contributed by atoms with van der Waals surface area (Å²) >= 11 is 0. The predicted octanol–water partition coefficient (Wildman–Crippen LogP) is 6.78. The maximum absolute atomic E-state index is 15.5. The average Bonchev–Trinajstić information content (AvgIpc) is 2.76. The van der Waals surface area contributed by atoms with Crippen molar-refractivity contribution in [3.8, 4) is 11.1 Å². The van der Waals surface area contributed by atoms with Gasteiger partial charge in [0, 0.05) is 11.1 Å². The van der Waals surface area contributed by atoms with Gasteiger partial charge in [-0.05, 0) is 102 Å². The molecule has 1 aliphatic carbocycles. The Balaban J connectivity index is 1.82. The fraction of sp³-hybridized carbons (Fsp3) is 0.250. The summed E-state index contributed by atoms with van der Waals surface area (Å²) in [5.41, 5.74) is 16.3. The van der Waals surface area contributed by atoms with E-state index in [9.17, 15) is 4.79 Å². The first-order chi connectivity index (χ1) is 14.8. The summed E-state index contributed by atoms with van der Waals surface area (Å²) in [4.78, 5) is 11.6. The zero-order valence-corrected chi connectivity index (χ0v) is 18.6. The van der Waals surface area contributed by atoms with Crippen LogP contribution in [0.1, 0.15) is 63.5 Å². The van der Waals surface area contributed by atoms with Crippen LogP contribution in [0, 0.1) is 26.6 Å². The second kappa shape index (κ2) is 8.14. The summed E-state index contributed by atoms with van der Waals surface area (Å²) in [6.45, 7) is 8.12. The van der Waals surface area contributed by atoms with Crippen molar-refractivity contribution in [2.75, 3.05) is 0 Å². The summed E-state index contributed by atoms with van der Waals surface area (Å²) in [5.74, 6) is -0.561. The van der Waals surface area contributed by atoms with Crippen LogP contribution in [0.2, 0.25) is 0 Å². The third kappa shape index (κ3) is 3.69. The number of carbonyl (C=O) groups excluding carboxylic acids is 1. The first kappa shape index (κ1) is 21.0. The smallest absolute Gasteiger partial charge is 0.248 e. The van der Waals surface area contributed by atoms with Gasteiger partial charge in [0.2, 0.25) is 5.91 Å². The molecule has 0 unspecified atom stereocenters. The Hall–Kier alpha value is -3.20. The number of rotatable bonds is 4. The molecule has 0 bridgehead atoms. The molecule has 4 rings (SSSR count). The second-order valence-electron chi connectivity index (χ2n) is 8.45. The lowest BCUT2D eigenvalue weighted by Crippen LogP contribution is -2.13. The monoisotopic (exact) mass is 413 g/mol. The lowest BCUT2D eigenvalue weighted by Gasteiger charge is -2.25. The number of carbonyl (C=O) groups is 1. The first-order valence-corrected chi connectivity index (χ1v) is 10.8. The molecule has 3 aromatic carbocycles. The minimum absolute atomic E-state index is 0.154. The molecule has 0 fully saturated rings. The highest BCUT2D eigenvalue weighted by Gasteiger charge is 2.23. The van der Waals surface area contributed by atoms with Gasteiger partial charge in [0.15, 0.2) is 0 Å². The number of fused-ring (bicyclic) bond motifs is 1. The number of benzene rings is 3. The van der Waals surface area contributed by atoms with Gasteiger partial charge in [-0.2, -0.15) is 0 Å². The van der Waals surface area contributed by atoms with Crippen LogP contribution in [-0.4, -0.2) is 5.91 Å². The third-order valence-corrected chi connectivity index (χ3v) is 6.61. The third-order valence-electron chi connectivity index (χ3n) is 6.61. The number of amides is 1. The Kier molecular flexibility index (Phi) is 5.53. The number of aryl methyl sites for hydroxylation is 3. The molecule has 0 aromatic heterocycles. The highest BCUT2D eigenvalue weighted by atomic mass is 19.1. The Morgan fingerprint density at radius 3 is 2.29 bits per heavy atom. The maximum atomic E-state index is 15.5. The van der Waals surface area contributed by atoms with Gasteiger partial charge in [0.1, 0.15) is 5.82 Å². The molecule has 1 aliphatic rings.